The largest absolute Gasteiger partial charge is 2.00 e. The summed E-state index contributed by atoms with van der Waals surface area (Å²) in [5, 5.41) is 0. The maximum atomic E-state index is 8.88. The monoisotopic (exact) mass is 231 g/mol. The van der Waals surface area contributed by atoms with Crippen LogP contribution < -0.4 is 0 Å². The second kappa shape index (κ2) is 5.75. The molecule has 7 heteroatoms. The van der Waals surface area contributed by atoms with Gasteiger partial charge in [0, 0.05) is 22.4 Å². The average molecular weight is 232 g/mol. The van der Waals surface area contributed by atoms with Gasteiger partial charge in [0.25, 0.3) is 0 Å². The van der Waals surface area contributed by atoms with Crippen LogP contribution in [0.4, 0.5) is 0 Å². The number of hydrogen-bond donors (Lipinski definition) is 3. The van der Waals surface area contributed by atoms with Crippen LogP contribution in [0.3, 0.4) is 0 Å². The maximum absolute atomic E-state index is 8.88. The van der Waals surface area contributed by atoms with Crippen LogP contribution in [0.25, 0.3) is 0 Å². The fourth-order valence-electron chi connectivity index (χ4n) is 0. The van der Waals surface area contributed by atoms with Gasteiger partial charge in [-0.3, -0.25) is 0 Å². The predicted molar refractivity (Wildman–Crippen MR) is 22.2 cm³/mol. The molecule has 0 aliphatic carbocycles. The molecule has 4 nitrogen and oxygen atoms in total. The minimum Gasteiger partial charge on any atom is -1.00 e. The maximum Gasteiger partial charge on any atom is 2.00 e. The summed E-state index contributed by atoms with van der Waals surface area (Å²) in [7, 11) is -4.64. The van der Waals surface area contributed by atoms with Crippen molar-refractivity contribution in [2.24, 2.45) is 0 Å². The van der Waals surface area contributed by atoms with E-state index in [1.54, 1.807) is 0 Å². The van der Waals surface area contributed by atoms with Crippen LogP contribution in [0, 0.1) is 0 Å². The van der Waals surface area contributed by atoms with E-state index < -0.39 is 7.82 Å². The molecule has 0 unspecified atom stereocenters. The summed E-state index contributed by atoms with van der Waals surface area (Å²) in [4.78, 5) is 21.6. The molecule has 3 N–H and O–H groups in total. The quantitative estimate of drug-likeness (QED) is 0.366. The Morgan fingerprint density at radius 2 is 1.29 bits per heavy atom. The van der Waals surface area contributed by atoms with E-state index in [1.165, 1.54) is 0 Å². The molecule has 0 amide bonds. The van der Waals surface area contributed by atoms with Crippen LogP contribution in [0.1, 0.15) is 2.85 Å². The molecule has 0 aliphatic rings. The first kappa shape index (κ1) is 15.8. The van der Waals surface area contributed by atoms with Gasteiger partial charge in [-0.05, 0) is 0 Å². The number of rotatable bonds is 0. The van der Waals surface area contributed by atoms with Crippen molar-refractivity contribution >= 4 is 30.9 Å². The molecule has 0 heterocycles. The Balaban J connectivity index is -0.0000000133. The van der Waals surface area contributed by atoms with Crippen LogP contribution in [0.5, 0.6) is 0 Å². The summed E-state index contributed by atoms with van der Waals surface area (Å²) in [5.74, 6) is 0. The zero-order chi connectivity index (χ0) is 4.50. The van der Waals surface area contributed by atoms with Crippen molar-refractivity contribution in [2.75, 3.05) is 0 Å². The van der Waals surface area contributed by atoms with Gasteiger partial charge in [-0.1, -0.05) is 0 Å². The zero-order valence-corrected chi connectivity index (χ0v) is 7.00. The minimum atomic E-state index is -4.64. The first-order valence-corrected chi connectivity index (χ1v) is 2.35. The van der Waals surface area contributed by atoms with E-state index >= 15 is 0 Å². The average Bonchev–Trinajstić information content (AvgIpc) is 0.722. The van der Waals surface area contributed by atoms with Crippen LogP contribution in [0.15, 0.2) is 0 Å². The van der Waals surface area contributed by atoms with Crippen molar-refractivity contribution in [3.8, 4) is 0 Å². The predicted octanol–water partition coefficient (Wildman–Crippen LogP) is -1.09. The van der Waals surface area contributed by atoms with Crippen molar-refractivity contribution in [1.82, 2.24) is 0 Å². The summed E-state index contributed by atoms with van der Waals surface area (Å²) in [6, 6.07) is 0. The van der Waals surface area contributed by atoms with E-state index in [-0.39, 0.29) is 48.3 Å². The van der Waals surface area contributed by atoms with Gasteiger partial charge in [-0.15, -0.1) is 0 Å². The molecule has 0 bridgehead atoms. The molecule has 0 aliphatic heterocycles. The summed E-state index contributed by atoms with van der Waals surface area (Å²) < 4.78 is 8.88. The van der Waals surface area contributed by atoms with Crippen molar-refractivity contribution in [2.45, 2.75) is 0 Å². The molecule has 0 atom stereocenters. The second-order valence-electron chi connectivity index (χ2n) is 0.513. The fraction of sp³-hybridized carbons (Fsp3) is 0. The van der Waals surface area contributed by atoms with Gasteiger partial charge in [-0.25, -0.2) is 4.57 Å². The Hall–Kier alpha value is 1.62. The first-order chi connectivity index (χ1) is 2.00. The van der Waals surface area contributed by atoms with Crippen LogP contribution >= 0.6 is 7.82 Å². The molecule has 1 radical (unpaired) electrons. The molecule has 0 rings (SSSR count). The fourth-order valence-corrected chi connectivity index (χ4v) is 0. The number of hydrogen-bond acceptors (Lipinski definition) is 1. The van der Waals surface area contributed by atoms with Gasteiger partial charge in [0.2, 0.25) is 0 Å². The molecule has 47 valence electrons. The van der Waals surface area contributed by atoms with Gasteiger partial charge in [0.15, 0.2) is 0 Å². The van der Waals surface area contributed by atoms with Crippen LogP contribution in [-0.2, 0) is 26.9 Å². The molecular formula is H5AgMgO4P. The van der Waals surface area contributed by atoms with E-state index in [0.29, 0.717) is 0 Å². The Morgan fingerprint density at radius 3 is 1.29 bits per heavy atom. The third kappa shape index (κ3) is 91.9. The summed E-state index contributed by atoms with van der Waals surface area (Å²) in [6.45, 7) is 0. The van der Waals surface area contributed by atoms with E-state index in [0.717, 1.165) is 0 Å². The minimum absolute atomic E-state index is 0. The third-order valence-electron chi connectivity index (χ3n) is 0. The molecule has 0 aromatic heterocycles. The smallest absolute Gasteiger partial charge is 1.00 e. The van der Waals surface area contributed by atoms with Gasteiger partial charge < -0.3 is 17.5 Å². The first-order valence-electron chi connectivity index (χ1n) is 0.783. The van der Waals surface area contributed by atoms with E-state index in [4.69, 9.17) is 19.2 Å². The van der Waals surface area contributed by atoms with E-state index in [9.17, 15) is 0 Å². The van der Waals surface area contributed by atoms with Crippen molar-refractivity contribution in [3.63, 3.8) is 0 Å². The molecule has 0 saturated carbocycles. The molecule has 0 fully saturated rings. The van der Waals surface area contributed by atoms with Gasteiger partial charge in [0.1, 0.15) is 0 Å². The summed E-state index contributed by atoms with van der Waals surface area (Å²) in [6.07, 6.45) is 0. The third-order valence-corrected chi connectivity index (χ3v) is 0. The molecule has 0 saturated heterocycles. The molecular weight excluding hydrogens is 227 g/mol. The zero-order valence-electron chi connectivity index (χ0n) is 5.21. The van der Waals surface area contributed by atoms with Crippen molar-refractivity contribution in [1.29, 1.82) is 0 Å². The second-order valence-corrected chi connectivity index (χ2v) is 1.54. The van der Waals surface area contributed by atoms with Gasteiger partial charge >= 0.3 is 30.9 Å². The Labute approximate surface area is 75.2 Å². The molecule has 7 heavy (non-hydrogen) atoms. The SMILES string of the molecule is O=P(O)(O)O.[Ag].[H-].[H-].[Mg+2]. The standard InChI is InChI=1S/Ag.Mg.H3O4P.2H/c;;1-5(2,3)4;;/h;;(H3,1,2,3,4);;/q;+2;;2*-1. The summed E-state index contributed by atoms with van der Waals surface area (Å²) in [5.41, 5.74) is 0. The normalized spacial score (nSPS) is 8.43. The van der Waals surface area contributed by atoms with Crippen molar-refractivity contribution < 1.29 is 44.5 Å². The van der Waals surface area contributed by atoms with Gasteiger partial charge in [-0.2, -0.15) is 0 Å². The number of phosphoric acid groups is 1. The topological polar surface area (TPSA) is 77.8 Å². The van der Waals surface area contributed by atoms with Gasteiger partial charge in [0.05, 0.1) is 0 Å². The van der Waals surface area contributed by atoms with Crippen LogP contribution in [0.2, 0.25) is 0 Å². The molecule has 0 aromatic rings. The van der Waals surface area contributed by atoms with E-state index in [2.05, 4.69) is 0 Å². The summed E-state index contributed by atoms with van der Waals surface area (Å²) >= 11 is 0. The Kier molecular flexibility index (Phi) is 13.0. The Bertz CT molecular complexity index is 64.7. The van der Waals surface area contributed by atoms with Crippen LogP contribution in [-0.4, -0.2) is 37.7 Å². The van der Waals surface area contributed by atoms with E-state index in [1.807, 2.05) is 0 Å². The molecule has 0 aromatic carbocycles. The Morgan fingerprint density at radius 1 is 1.29 bits per heavy atom. The van der Waals surface area contributed by atoms with Crippen molar-refractivity contribution in [3.05, 3.63) is 0 Å². The molecule has 0 spiro atoms.